The number of likely N-dealkylation sites (tertiary alicyclic amines) is 1. The molecule has 2 fully saturated rings. The number of nitrogens with one attached hydrogen (secondary N) is 2. The van der Waals surface area contributed by atoms with E-state index < -0.39 is 5.54 Å². The van der Waals surface area contributed by atoms with Gasteiger partial charge in [-0.2, -0.15) is 5.10 Å². The SMILES string of the molecule is CCn1cc(NC(=O)CN2[C@H]3CCCCC(=O)N[C@@]3(C)C[C@H]2c2ccc(F)cc2)c(C)n1. The van der Waals surface area contributed by atoms with E-state index in [4.69, 9.17) is 0 Å². The lowest BCUT2D eigenvalue weighted by Gasteiger charge is -2.38. The third kappa shape index (κ3) is 4.55. The lowest BCUT2D eigenvalue weighted by atomic mass is 9.85. The maximum atomic E-state index is 13.6. The summed E-state index contributed by atoms with van der Waals surface area (Å²) < 4.78 is 15.4. The zero-order valence-electron chi connectivity index (χ0n) is 19.0. The molecule has 32 heavy (non-hydrogen) atoms. The monoisotopic (exact) mass is 441 g/mol. The first-order chi connectivity index (χ1) is 15.3. The third-order valence-electron chi connectivity index (χ3n) is 6.84. The maximum Gasteiger partial charge on any atom is 0.238 e. The molecule has 0 bridgehead atoms. The Kier molecular flexibility index (Phi) is 6.33. The van der Waals surface area contributed by atoms with Crippen LogP contribution in [0.4, 0.5) is 10.1 Å². The number of nitrogens with zero attached hydrogens (tertiary/aromatic N) is 3. The van der Waals surface area contributed by atoms with E-state index in [9.17, 15) is 14.0 Å². The van der Waals surface area contributed by atoms with Crippen molar-refractivity contribution in [1.82, 2.24) is 20.0 Å². The van der Waals surface area contributed by atoms with Gasteiger partial charge in [-0.1, -0.05) is 18.6 Å². The summed E-state index contributed by atoms with van der Waals surface area (Å²) in [5.74, 6) is -0.345. The number of amides is 2. The highest BCUT2D eigenvalue weighted by atomic mass is 19.1. The Morgan fingerprint density at radius 1 is 1.31 bits per heavy atom. The zero-order chi connectivity index (χ0) is 22.9. The number of hydrogen-bond acceptors (Lipinski definition) is 4. The van der Waals surface area contributed by atoms with Crippen molar-refractivity contribution in [3.05, 3.63) is 47.5 Å². The van der Waals surface area contributed by atoms with Crippen molar-refractivity contribution in [1.29, 1.82) is 0 Å². The molecule has 2 N–H and O–H groups in total. The molecule has 3 atom stereocenters. The molecule has 0 spiro atoms. The second-order valence-corrected chi connectivity index (χ2v) is 9.20. The molecule has 2 aliphatic rings. The van der Waals surface area contributed by atoms with Crippen molar-refractivity contribution >= 4 is 17.5 Å². The van der Waals surface area contributed by atoms with Crippen molar-refractivity contribution in [2.45, 2.75) is 77.0 Å². The molecule has 0 radical (unpaired) electrons. The Labute approximate surface area is 188 Å². The normalized spacial score (nSPS) is 26.2. The third-order valence-corrected chi connectivity index (χ3v) is 6.84. The van der Waals surface area contributed by atoms with Gasteiger partial charge in [-0.15, -0.1) is 0 Å². The fourth-order valence-corrected chi connectivity index (χ4v) is 5.23. The van der Waals surface area contributed by atoms with E-state index in [0.717, 1.165) is 37.1 Å². The number of carbonyl (C=O) groups is 2. The van der Waals surface area contributed by atoms with Crippen LogP contribution in [-0.4, -0.2) is 44.6 Å². The number of aryl methyl sites for hydroxylation is 2. The van der Waals surface area contributed by atoms with E-state index in [2.05, 4.69) is 27.6 Å². The van der Waals surface area contributed by atoms with Gasteiger partial charge in [0.1, 0.15) is 5.82 Å². The molecule has 2 amide bonds. The van der Waals surface area contributed by atoms with Crippen LogP contribution in [0.2, 0.25) is 0 Å². The van der Waals surface area contributed by atoms with E-state index in [-0.39, 0.29) is 36.3 Å². The Bertz CT molecular complexity index is 989. The van der Waals surface area contributed by atoms with E-state index in [1.165, 1.54) is 12.1 Å². The number of carbonyl (C=O) groups excluding carboxylic acids is 2. The summed E-state index contributed by atoms with van der Waals surface area (Å²) in [5.41, 5.74) is 2.00. The molecule has 2 aliphatic heterocycles. The summed E-state index contributed by atoms with van der Waals surface area (Å²) in [6, 6.07) is 6.41. The topological polar surface area (TPSA) is 79.3 Å². The molecular formula is C24H32FN5O2. The van der Waals surface area contributed by atoms with E-state index >= 15 is 0 Å². The number of fused-ring (bicyclic) bond motifs is 1. The first kappa shape index (κ1) is 22.5. The largest absolute Gasteiger partial charge is 0.349 e. The van der Waals surface area contributed by atoms with Crippen LogP contribution in [0, 0.1) is 12.7 Å². The summed E-state index contributed by atoms with van der Waals surface area (Å²) in [4.78, 5) is 27.7. The second-order valence-electron chi connectivity index (χ2n) is 9.20. The molecule has 0 aliphatic carbocycles. The number of benzene rings is 1. The molecule has 1 aromatic carbocycles. The smallest absolute Gasteiger partial charge is 0.238 e. The highest BCUT2D eigenvalue weighted by Gasteiger charge is 2.50. The zero-order valence-corrected chi connectivity index (χ0v) is 19.0. The van der Waals surface area contributed by atoms with Crippen LogP contribution in [0.1, 0.15) is 63.3 Å². The molecule has 172 valence electrons. The van der Waals surface area contributed by atoms with Gasteiger partial charge in [0, 0.05) is 31.2 Å². The highest BCUT2D eigenvalue weighted by molar-refractivity contribution is 5.92. The van der Waals surface area contributed by atoms with E-state index in [1.54, 1.807) is 16.8 Å². The lowest BCUT2D eigenvalue weighted by Crippen LogP contribution is -2.56. The molecule has 0 unspecified atom stereocenters. The van der Waals surface area contributed by atoms with Crippen LogP contribution in [-0.2, 0) is 16.1 Å². The summed E-state index contributed by atoms with van der Waals surface area (Å²) in [6.45, 7) is 6.87. The molecule has 1 aromatic heterocycles. The summed E-state index contributed by atoms with van der Waals surface area (Å²) in [7, 11) is 0. The van der Waals surface area contributed by atoms with Crippen molar-refractivity contribution in [3.63, 3.8) is 0 Å². The number of halogens is 1. The quantitative estimate of drug-likeness (QED) is 0.744. The standard InChI is InChI=1S/C24H32FN5O2/c1-4-29-14-19(16(2)28-29)26-23(32)15-30-20(17-9-11-18(25)12-10-17)13-24(3)21(30)7-5-6-8-22(31)27-24/h9-12,14,20-21H,4-8,13,15H2,1-3H3,(H,26,32)(H,27,31)/t20-,21-,24-/m0/s1. The molecule has 0 saturated carbocycles. The van der Waals surface area contributed by atoms with Crippen LogP contribution in [0.5, 0.6) is 0 Å². The summed E-state index contributed by atoms with van der Waals surface area (Å²) >= 11 is 0. The van der Waals surface area contributed by atoms with Crippen molar-refractivity contribution < 1.29 is 14.0 Å². The molecule has 7 nitrogen and oxygen atoms in total. The van der Waals surface area contributed by atoms with Gasteiger partial charge in [-0.25, -0.2) is 4.39 Å². The van der Waals surface area contributed by atoms with Crippen molar-refractivity contribution in [3.8, 4) is 0 Å². The summed E-state index contributed by atoms with van der Waals surface area (Å²) in [6.07, 6.45) is 5.72. The van der Waals surface area contributed by atoms with Crippen LogP contribution in [0.25, 0.3) is 0 Å². The minimum Gasteiger partial charge on any atom is -0.349 e. The Morgan fingerprint density at radius 3 is 2.75 bits per heavy atom. The van der Waals surface area contributed by atoms with Crippen molar-refractivity contribution in [2.75, 3.05) is 11.9 Å². The Balaban J connectivity index is 1.61. The maximum absolute atomic E-state index is 13.6. The average Bonchev–Trinajstić information content (AvgIpc) is 3.21. The van der Waals surface area contributed by atoms with E-state index in [0.29, 0.717) is 18.5 Å². The Morgan fingerprint density at radius 2 is 2.06 bits per heavy atom. The van der Waals surface area contributed by atoms with Gasteiger partial charge < -0.3 is 10.6 Å². The van der Waals surface area contributed by atoms with Gasteiger partial charge in [0.25, 0.3) is 0 Å². The van der Waals surface area contributed by atoms with Crippen LogP contribution in [0.3, 0.4) is 0 Å². The van der Waals surface area contributed by atoms with Crippen LogP contribution < -0.4 is 10.6 Å². The first-order valence-electron chi connectivity index (χ1n) is 11.4. The molecule has 8 heteroatoms. The predicted molar refractivity (Wildman–Crippen MR) is 121 cm³/mol. The molecule has 4 rings (SSSR count). The van der Waals surface area contributed by atoms with Gasteiger partial charge in [0.2, 0.25) is 11.8 Å². The van der Waals surface area contributed by atoms with Gasteiger partial charge in [-0.05, 0) is 57.7 Å². The van der Waals surface area contributed by atoms with Crippen LogP contribution in [0.15, 0.2) is 30.5 Å². The van der Waals surface area contributed by atoms with Gasteiger partial charge in [-0.3, -0.25) is 19.2 Å². The highest BCUT2D eigenvalue weighted by Crippen LogP contribution is 2.44. The molecule has 3 heterocycles. The van der Waals surface area contributed by atoms with Crippen molar-refractivity contribution in [2.24, 2.45) is 0 Å². The second kappa shape index (κ2) is 9.02. The number of anilines is 1. The average molecular weight is 442 g/mol. The molecular weight excluding hydrogens is 409 g/mol. The van der Waals surface area contributed by atoms with Gasteiger partial charge in [0.05, 0.1) is 23.5 Å². The number of rotatable bonds is 5. The Hall–Kier alpha value is -2.74. The predicted octanol–water partition coefficient (Wildman–Crippen LogP) is 3.55. The molecule has 2 aromatic rings. The fraction of sp³-hybridized carbons (Fsp3) is 0.542. The van der Waals surface area contributed by atoms with Gasteiger partial charge in [0.15, 0.2) is 0 Å². The number of hydrogen-bond donors (Lipinski definition) is 2. The van der Waals surface area contributed by atoms with Gasteiger partial charge >= 0.3 is 0 Å². The lowest BCUT2D eigenvalue weighted by molar-refractivity contribution is -0.123. The fourth-order valence-electron chi connectivity index (χ4n) is 5.23. The minimum atomic E-state index is -0.445. The molecule has 2 saturated heterocycles. The number of aromatic nitrogens is 2. The van der Waals surface area contributed by atoms with Crippen LogP contribution >= 0.6 is 0 Å². The first-order valence-corrected chi connectivity index (χ1v) is 11.4. The summed E-state index contributed by atoms with van der Waals surface area (Å²) in [5, 5.41) is 10.6. The van der Waals surface area contributed by atoms with E-state index in [1.807, 2.05) is 20.0 Å². The minimum absolute atomic E-state index is 0.0204.